The molecular weight excluding hydrogens is 528 g/mol. The van der Waals surface area contributed by atoms with Crippen LogP contribution >= 0.6 is 45.2 Å². The zero-order valence-corrected chi connectivity index (χ0v) is 18.4. The van der Waals surface area contributed by atoms with Crippen LogP contribution in [0.15, 0.2) is 12.1 Å². The van der Waals surface area contributed by atoms with Gasteiger partial charge in [-0.15, -0.1) is 0 Å². The number of nitrogens with zero attached hydrogens (tertiary/aromatic N) is 2. The Hall–Kier alpha value is -0.0800. The zero-order valence-electron chi connectivity index (χ0n) is 14.1. The molecular formula is C18H25I2N3O. The van der Waals surface area contributed by atoms with Gasteiger partial charge in [-0.2, -0.15) is 0 Å². The van der Waals surface area contributed by atoms with Crippen molar-refractivity contribution in [2.75, 3.05) is 30.7 Å². The van der Waals surface area contributed by atoms with Crippen molar-refractivity contribution in [3.05, 3.63) is 26.8 Å². The molecule has 1 aliphatic heterocycles. The third-order valence-electron chi connectivity index (χ3n) is 4.50. The highest BCUT2D eigenvalue weighted by atomic mass is 127. The van der Waals surface area contributed by atoms with E-state index in [0.29, 0.717) is 18.3 Å². The highest BCUT2D eigenvalue weighted by Gasteiger charge is 2.23. The van der Waals surface area contributed by atoms with E-state index in [1.165, 1.54) is 12.8 Å². The lowest BCUT2D eigenvalue weighted by Crippen LogP contribution is -2.44. The fourth-order valence-corrected chi connectivity index (χ4v) is 4.85. The largest absolute Gasteiger partial charge is 0.507 e. The Bertz CT molecular complexity index is 600. The van der Waals surface area contributed by atoms with Gasteiger partial charge >= 0.3 is 0 Å². The fraction of sp³-hybridized carbons (Fsp3) is 0.556. The molecule has 1 aliphatic rings. The maximum Gasteiger partial charge on any atom is 0.133 e. The molecule has 2 rings (SSSR count). The lowest BCUT2D eigenvalue weighted by Gasteiger charge is -2.37. The summed E-state index contributed by atoms with van der Waals surface area (Å²) in [6.07, 6.45) is 2.39. The third kappa shape index (κ3) is 5.46. The SMILES string of the molecule is CCN(CI)C1CCN(Cc2cc(C#CCN)cc(I)c2O)CC1. The van der Waals surface area contributed by atoms with E-state index in [0.717, 1.165) is 45.4 Å². The molecule has 0 aliphatic carbocycles. The van der Waals surface area contributed by atoms with Crippen molar-refractivity contribution in [3.63, 3.8) is 0 Å². The van der Waals surface area contributed by atoms with Crippen LogP contribution in [0, 0.1) is 15.4 Å². The highest BCUT2D eigenvalue weighted by Crippen LogP contribution is 2.28. The van der Waals surface area contributed by atoms with Gasteiger partial charge in [0.15, 0.2) is 0 Å². The van der Waals surface area contributed by atoms with Crippen LogP contribution in [0.4, 0.5) is 0 Å². The normalized spacial score (nSPS) is 16.2. The van der Waals surface area contributed by atoms with Crippen molar-refractivity contribution in [2.24, 2.45) is 5.73 Å². The molecule has 0 atom stereocenters. The molecule has 1 fully saturated rings. The Morgan fingerprint density at radius 3 is 2.67 bits per heavy atom. The van der Waals surface area contributed by atoms with Gasteiger partial charge in [-0.3, -0.25) is 9.80 Å². The Labute approximate surface area is 172 Å². The number of hydrogen-bond acceptors (Lipinski definition) is 4. The minimum atomic E-state index is 0.352. The molecule has 0 saturated carbocycles. The molecule has 4 nitrogen and oxygen atoms in total. The lowest BCUT2D eigenvalue weighted by atomic mass is 10.0. The summed E-state index contributed by atoms with van der Waals surface area (Å²) in [6, 6.07) is 4.60. The molecule has 0 spiro atoms. The number of hydrogen-bond donors (Lipinski definition) is 2. The molecule has 0 unspecified atom stereocenters. The Morgan fingerprint density at radius 2 is 2.08 bits per heavy atom. The number of nitrogens with two attached hydrogens (primary N) is 1. The Balaban J connectivity index is 2.03. The summed E-state index contributed by atoms with van der Waals surface area (Å²) in [6.45, 7) is 6.64. The van der Waals surface area contributed by atoms with Crippen LogP contribution in [0.25, 0.3) is 0 Å². The van der Waals surface area contributed by atoms with E-state index in [9.17, 15) is 5.11 Å². The lowest BCUT2D eigenvalue weighted by molar-refractivity contribution is 0.124. The molecule has 3 N–H and O–H groups in total. The van der Waals surface area contributed by atoms with Crippen molar-refractivity contribution < 1.29 is 5.11 Å². The molecule has 0 aromatic heterocycles. The van der Waals surface area contributed by atoms with Crippen LogP contribution in [0.2, 0.25) is 0 Å². The van der Waals surface area contributed by atoms with Crippen LogP contribution in [-0.2, 0) is 6.54 Å². The summed E-state index contributed by atoms with van der Waals surface area (Å²) >= 11 is 4.62. The molecule has 132 valence electrons. The average Bonchev–Trinajstić information content (AvgIpc) is 2.59. The second-order valence-electron chi connectivity index (χ2n) is 6.00. The first-order chi connectivity index (χ1) is 11.6. The maximum absolute atomic E-state index is 10.4. The van der Waals surface area contributed by atoms with Crippen LogP contribution in [0.5, 0.6) is 5.75 Å². The van der Waals surface area contributed by atoms with Gasteiger partial charge < -0.3 is 10.8 Å². The third-order valence-corrected chi connectivity index (χ3v) is 6.20. The van der Waals surface area contributed by atoms with Gasteiger partial charge in [-0.25, -0.2) is 0 Å². The first-order valence-corrected chi connectivity index (χ1v) is 10.9. The topological polar surface area (TPSA) is 52.7 Å². The van der Waals surface area contributed by atoms with Crippen LogP contribution in [-0.4, -0.2) is 51.7 Å². The molecule has 1 aromatic carbocycles. The summed E-state index contributed by atoms with van der Waals surface area (Å²) in [5.74, 6) is 6.34. The smallest absolute Gasteiger partial charge is 0.133 e. The van der Waals surface area contributed by atoms with Gasteiger partial charge in [-0.05, 0) is 67.2 Å². The monoisotopic (exact) mass is 553 g/mol. The van der Waals surface area contributed by atoms with E-state index in [1.54, 1.807) is 0 Å². The van der Waals surface area contributed by atoms with Crippen molar-refractivity contribution in [3.8, 4) is 17.6 Å². The molecule has 0 radical (unpaired) electrons. The van der Waals surface area contributed by atoms with Gasteiger partial charge in [0.05, 0.1) is 14.7 Å². The van der Waals surface area contributed by atoms with Crippen LogP contribution < -0.4 is 5.73 Å². The molecule has 1 saturated heterocycles. The quantitative estimate of drug-likeness (QED) is 0.255. The van der Waals surface area contributed by atoms with Gasteiger partial charge in [0, 0.05) is 23.7 Å². The van der Waals surface area contributed by atoms with Gasteiger partial charge in [0.25, 0.3) is 0 Å². The Kier molecular flexibility index (Phi) is 8.57. The summed E-state index contributed by atoms with van der Waals surface area (Å²) in [7, 11) is 0. The van der Waals surface area contributed by atoms with Crippen molar-refractivity contribution in [1.29, 1.82) is 0 Å². The zero-order chi connectivity index (χ0) is 17.5. The number of phenolic OH excluding ortho intramolecular Hbond substituents is 1. The second-order valence-corrected chi connectivity index (χ2v) is 7.85. The van der Waals surface area contributed by atoms with Gasteiger partial charge in [0.1, 0.15) is 5.75 Å². The molecule has 1 aromatic rings. The van der Waals surface area contributed by atoms with Crippen molar-refractivity contribution in [1.82, 2.24) is 9.80 Å². The molecule has 0 amide bonds. The number of likely N-dealkylation sites (tertiary alicyclic amines) is 1. The van der Waals surface area contributed by atoms with Gasteiger partial charge in [0.2, 0.25) is 0 Å². The molecule has 6 heteroatoms. The summed E-state index contributed by atoms with van der Waals surface area (Å²) in [5.41, 5.74) is 7.34. The highest BCUT2D eigenvalue weighted by molar-refractivity contribution is 14.1. The fourth-order valence-electron chi connectivity index (χ4n) is 3.13. The number of piperidine rings is 1. The average molecular weight is 553 g/mol. The van der Waals surface area contributed by atoms with E-state index in [2.05, 4.69) is 73.7 Å². The number of phenols is 1. The second kappa shape index (κ2) is 10.2. The predicted octanol–water partition coefficient (Wildman–Crippen LogP) is 2.99. The van der Waals surface area contributed by atoms with Crippen LogP contribution in [0.1, 0.15) is 30.9 Å². The van der Waals surface area contributed by atoms with Crippen molar-refractivity contribution in [2.45, 2.75) is 32.4 Å². The summed E-state index contributed by atoms with van der Waals surface area (Å²) in [5, 5.41) is 10.4. The van der Waals surface area contributed by atoms with E-state index in [-0.39, 0.29) is 0 Å². The standard InChI is InChI=1S/C18H25I2N3O/c1-2-23(13-19)16-5-8-22(9-6-16)12-15-10-14(4-3-7-21)11-17(20)18(15)24/h10-11,16,24H,2,5-9,12-13,21H2,1H3. The molecule has 24 heavy (non-hydrogen) atoms. The molecule has 1 heterocycles. The number of alkyl halides is 1. The number of rotatable bonds is 5. The summed E-state index contributed by atoms with van der Waals surface area (Å²) < 4.78 is 1.95. The summed E-state index contributed by atoms with van der Waals surface area (Å²) in [4.78, 5) is 4.98. The number of halogens is 2. The van der Waals surface area contributed by atoms with E-state index in [1.807, 2.05) is 12.1 Å². The predicted molar refractivity (Wildman–Crippen MR) is 116 cm³/mol. The first kappa shape index (κ1) is 20.2. The maximum atomic E-state index is 10.4. The van der Waals surface area contributed by atoms with E-state index in [4.69, 9.17) is 5.73 Å². The molecule has 0 bridgehead atoms. The first-order valence-electron chi connectivity index (χ1n) is 8.31. The minimum absolute atomic E-state index is 0.352. The Morgan fingerprint density at radius 1 is 1.38 bits per heavy atom. The van der Waals surface area contributed by atoms with Crippen LogP contribution in [0.3, 0.4) is 0 Å². The number of aromatic hydroxyl groups is 1. The number of benzene rings is 1. The van der Waals surface area contributed by atoms with Crippen molar-refractivity contribution >= 4 is 45.2 Å². The van der Waals surface area contributed by atoms with Gasteiger partial charge in [-0.1, -0.05) is 41.4 Å². The van der Waals surface area contributed by atoms with E-state index >= 15 is 0 Å². The minimum Gasteiger partial charge on any atom is -0.507 e. The van der Waals surface area contributed by atoms with E-state index < -0.39 is 0 Å².